The van der Waals surface area contributed by atoms with Gasteiger partial charge in [0, 0.05) is 28.2 Å². The smallest absolute Gasteiger partial charge is 0.308 e. The summed E-state index contributed by atoms with van der Waals surface area (Å²) < 4.78 is 13.3. The zero-order valence-corrected chi connectivity index (χ0v) is 22.3. The van der Waals surface area contributed by atoms with Gasteiger partial charge in [-0.05, 0) is 36.4 Å². The summed E-state index contributed by atoms with van der Waals surface area (Å²) in [6, 6.07) is 22.6. The highest BCUT2D eigenvalue weighted by atomic mass is 79.9. The summed E-state index contributed by atoms with van der Waals surface area (Å²) in [5.41, 5.74) is 4.73. The fraction of sp³-hybridized carbons (Fsp3) is 0.115. The number of nitrogens with zero attached hydrogens (tertiary/aromatic N) is 4. The number of aromatic nitrogens is 3. The lowest BCUT2D eigenvalue weighted by molar-refractivity contribution is -0.132. The maximum atomic E-state index is 12.5. The van der Waals surface area contributed by atoms with Crippen LogP contribution in [0.5, 0.6) is 11.5 Å². The molecule has 1 heterocycles. The second kappa shape index (κ2) is 12.3. The Morgan fingerprint density at radius 1 is 1.05 bits per heavy atom. The Bertz CT molecular complexity index is 1420. The van der Waals surface area contributed by atoms with Crippen LogP contribution in [0.15, 0.2) is 87.5 Å². The minimum absolute atomic E-state index is 0.0513. The third-order valence-electron chi connectivity index (χ3n) is 4.95. The highest BCUT2D eigenvalue weighted by Crippen LogP contribution is 2.30. The summed E-state index contributed by atoms with van der Waals surface area (Å²) in [5.74, 6) is 0.480. The van der Waals surface area contributed by atoms with Crippen LogP contribution in [0.3, 0.4) is 0 Å². The first-order chi connectivity index (χ1) is 18.0. The van der Waals surface area contributed by atoms with E-state index in [2.05, 4.69) is 36.7 Å². The second-order valence-electron chi connectivity index (χ2n) is 7.54. The standard InChI is InChI=1S/C26H22BrN5O4S/c1-17(33)36-24-19(9-6-10-22(24)35-2)15-28-29-23(34)16-37-26-31-30-25(18-7-4-3-5-8-18)32(26)21-13-11-20(27)12-14-21/h3-15H,16H2,1-2H3,(H,29,34)/b28-15-. The fourth-order valence-electron chi connectivity index (χ4n) is 3.34. The molecule has 1 aromatic heterocycles. The number of benzene rings is 3. The lowest BCUT2D eigenvalue weighted by Gasteiger charge is -2.11. The molecule has 0 aliphatic carbocycles. The summed E-state index contributed by atoms with van der Waals surface area (Å²) in [6.07, 6.45) is 1.39. The van der Waals surface area contributed by atoms with Gasteiger partial charge in [0.25, 0.3) is 5.91 Å². The number of carbonyl (C=O) groups is 2. The van der Waals surface area contributed by atoms with Gasteiger partial charge in [-0.15, -0.1) is 10.2 Å². The quantitative estimate of drug-likeness (QED) is 0.0990. The van der Waals surface area contributed by atoms with Crippen molar-refractivity contribution in [3.05, 3.63) is 82.8 Å². The highest BCUT2D eigenvalue weighted by molar-refractivity contribution is 9.10. The van der Waals surface area contributed by atoms with Crippen LogP contribution in [0.4, 0.5) is 0 Å². The lowest BCUT2D eigenvalue weighted by Crippen LogP contribution is -2.20. The number of ether oxygens (including phenoxy) is 2. The SMILES string of the molecule is COc1cccc(/C=N\NC(=O)CSc2nnc(-c3ccccc3)n2-c2ccc(Br)cc2)c1OC(C)=O. The van der Waals surface area contributed by atoms with Crippen LogP contribution in [-0.2, 0) is 9.59 Å². The number of esters is 1. The largest absolute Gasteiger partial charge is 0.493 e. The molecule has 4 aromatic rings. The van der Waals surface area contributed by atoms with Crippen molar-refractivity contribution in [1.29, 1.82) is 0 Å². The minimum Gasteiger partial charge on any atom is -0.493 e. The Kier molecular flexibility index (Phi) is 8.70. The van der Waals surface area contributed by atoms with Gasteiger partial charge < -0.3 is 9.47 Å². The number of rotatable bonds is 9. The Hall–Kier alpha value is -3.96. The predicted molar refractivity (Wildman–Crippen MR) is 145 cm³/mol. The Labute approximate surface area is 226 Å². The maximum Gasteiger partial charge on any atom is 0.308 e. The van der Waals surface area contributed by atoms with Gasteiger partial charge in [-0.3, -0.25) is 14.2 Å². The van der Waals surface area contributed by atoms with E-state index in [0.29, 0.717) is 22.3 Å². The maximum absolute atomic E-state index is 12.5. The van der Waals surface area contributed by atoms with E-state index in [4.69, 9.17) is 9.47 Å². The number of carbonyl (C=O) groups excluding carboxylic acids is 2. The van der Waals surface area contributed by atoms with Crippen LogP contribution in [0.2, 0.25) is 0 Å². The molecule has 0 fully saturated rings. The number of halogens is 1. The van der Waals surface area contributed by atoms with Gasteiger partial charge in [0.1, 0.15) is 0 Å². The topological polar surface area (TPSA) is 108 Å². The number of nitrogens with one attached hydrogen (secondary N) is 1. The Balaban J connectivity index is 1.49. The van der Waals surface area contributed by atoms with E-state index < -0.39 is 5.97 Å². The number of hydrogen-bond acceptors (Lipinski definition) is 8. The van der Waals surface area contributed by atoms with Crippen LogP contribution in [0.25, 0.3) is 17.1 Å². The van der Waals surface area contributed by atoms with Crippen molar-refractivity contribution in [2.75, 3.05) is 12.9 Å². The second-order valence-corrected chi connectivity index (χ2v) is 9.40. The number of hydrogen-bond donors (Lipinski definition) is 1. The number of para-hydroxylation sites is 1. The molecule has 9 nitrogen and oxygen atoms in total. The summed E-state index contributed by atoms with van der Waals surface area (Å²) in [7, 11) is 1.47. The van der Waals surface area contributed by atoms with Crippen molar-refractivity contribution < 1.29 is 19.1 Å². The Morgan fingerprint density at radius 2 is 1.81 bits per heavy atom. The molecule has 0 saturated heterocycles. The summed E-state index contributed by atoms with van der Waals surface area (Å²) in [5, 5.41) is 13.3. The number of methoxy groups -OCH3 is 1. The first kappa shape index (κ1) is 26.1. The zero-order valence-electron chi connectivity index (χ0n) is 19.9. The molecule has 0 aliphatic rings. The molecule has 0 saturated carbocycles. The summed E-state index contributed by atoms with van der Waals surface area (Å²) in [6.45, 7) is 1.29. The van der Waals surface area contributed by atoms with Crippen molar-refractivity contribution in [2.24, 2.45) is 5.10 Å². The van der Waals surface area contributed by atoms with E-state index in [1.807, 2.05) is 59.2 Å². The number of amides is 1. The molecular formula is C26H22BrN5O4S. The monoisotopic (exact) mass is 579 g/mol. The van der Waals surface area contributed by atoms with Gasteiger partial charge >= 0.3 is 5.97 Å². The third kappa shape index (κ3) is 6.63. The van der Waals surface area contributed by atoms with Crippen LogP contribution in [-0.4, -0.2) is 45.7 Å². The van der Waals surface area contributed by atoms with Gasteiger partial charge in [-0.25, -0.2) is 5.43 Å². The van der Waals surface area contributed by atoms with Crippen LogP contribution < -0.4 is 14.9 Å². The van der Waals surface area contributed by atoms with Crippen LogP contribution >= 0.6 is 27.7 Å². The van der Waals surface area contributed by atoms with Gasteiger partial charge in [0.2, 0.25) is 0 Å². The number of thioether (sulfide) groups is 1. The van der Waals surface area contributed by atoms with E-state index in [9.17, 15) is 9.59 Å². The molecule has 37 heavy (non-hydrogen) atoms. The van der Waals surface area contributed by atoms with E-state index in [0.717, 1.165) is 15.7 Å². The highest BCUT2D eigenvalue weighted by Gasteiger charge is 2.17. The predicted octanol–water partition coefficient (Wildman–Crippen LogP) is 4.87. The molecule has 0 atom stereocenters. The molecule has 188 valence electrons. The van der Waals surface area contributed by atoms with Crippen molar-refractivity contribution in [1.82, 2.24) is 20.2 Å². The van der Waals surface area contributed by atoms with Crippen molar-refractivity contribution in [3.63, 3.8) is 0 Å². The van der Waals surface area contributed by atoms with E-state index in [1.54, 1.807) is 18.2 Å². The van der Waals surface area contributed by atoms with Crippen LogP contribution in [0, 0.1) is 0 Å². The Morgan fingerprint density at radius 3 is 2.51 bits per heavy atom. The molecule has 1 amide bonds. The normalized spacial score (nSPS) is 10.9. The molecule has 11 heteroatoms. The molecule has 3 aromatic carbocycles. The molecule has 0 aliphatic heterocycles. The van der Waals surface area contributed by atoms with Crippen molar-refractivity contribution in [3.8, 4) is 28.6 Å². The average molecular weight is 580 g/mol. The molecule has 0 spiro atoms. The van der Waals surface area contributed by atoms with Gasteiger partial charge in [-0.2, -0.15) is 5.10 Å². The van der Waals surface area contributed by atoms with E-state index >= 15 is 0 Å². The molecule has 1 N–H and O–H groups in total. The first-order valence-corrected chi connectivity index (χ1v) is 12.8. The number of hydrazone groups is 1. The van der Waals surface area contributed by atoms with Gasteiger partial charge in [0.15, 0.2) is 22.5 Å². The average Bonchev–Trinajstić information content (AvgIpc) is 3.33. The van der Waals surface area contributed by atoms with E-state index in [1.165, 1.54) is 32.0 Å². The molecular weight excluding hydrogens is 558 g/mol. The molecule has 0 bridgehead atoms. The fourth-order valence-corrected chi connectivity index (χ4v) is 4.35. The van der Waals surface area contributed by atoms with Gasteiger partial charge in [-0.1, -0.05) is 64.1 Å². The van der Waals surface area contributed by atoms with Gasteiger partial charge in [0.05, 0.1) is 19.1 Å². The zero-order chi connectivity index (χ0) is 26.2. The van der Waals surface area contributed by atoms with E-state index in [-0.39, 0.29) is 17.4 Å². The molecule has 0 radical (unpaired) electrons. The minimum atomic E-state index is -0.496. The summed E-state index contributed by atoms with van der Waals surface area (Å²) >= 11 is 4.70. The first-order valence-electron chi connectivity index (χ1n) is 11.0. The van der Waals surface area contributed by atoms with Crippen molar-refractivity contribution >= 4 is 45.8 Å². The molecule has 4 rings (SSSR count). The summed E-state index contributed by atoms with van der Waals surface area (Å²) in [4.78, 5) is 24.0. The van der Waals surface area contributed by atoms with Crippen LogP contribution in [0.1, 0.15) is 12.5 Å². The molecule has 0 unspecified atom stereocenters. The third-order valence-corrected chi connectivity index (χ3v) is 6.41. The van der Waals surface area contributed by atoms with Crippen molar-refractivity contribution in [2.45, 2.75) is 12.1 Å². The lowest BCUT2D eigenvalue weighted by atomic mass is 10.2.